The van der Waals surface area contributed by atoms with Crippen LogP contribution in [0.2, 0.25) is 0 Å². The van der Waals surface area contributed by atoms with E-state index in [0.717, 1.165) is 0 Å². The number of hydrogen-bond donors (Lipinski definition) is 24. The minimum absolute atomic E-state index is 0.00955. The Balaban J connectivity index is 1.43. The molecule has 5 heterocycles. The lowest BCUT2D eigenvalue weighted by Crippen LogP contribution is -2.61. The number of primary amides is 1. The molecule has 0 saturated carbocycles. The van der Waals surface area contributed by atoms with Gasteiger partial charge in [-0.05, 0) is 162 Å². The molecular weight excluding hydrogens is 1500 g/mol. The number of nitrogens with two attached hydrogens (primary N) is 6. The highest BCUT2D eigenvalue weighted by molar-refractivity contribution is 6.00. The average molecular weight is 1620 g/mol. The van der Waals surface area contributed by atoms with Gasteiger partial charge in [-0.25, -0.2) is 0 Å². The first-order valence-corrected chi connectivity index (χ1v) is 39.0. The number of benzene rings is 3. The van der Waals surface area contributed by atoms with Gasteiger partial charge in [0.25, 0.3) is 0 Å². The van der Waals surface area contributed by atoms with Crippen LogP contribution in [0.5, 0.6) is 11.5 Å². The van der Waals surface area contributed by atoms with Gasteiger partial charge in [-0.2, -0.15) is 0 Å². The molecule has 5 aliphatic heterocycles. The molecule has 39 nitrogen and oxygen atoms in total. The number of likely N-dealkylation sites (tertiary alicyclic amines) is 1. The summed E-state index contributed by atoms with van der Waals surface area (Å²) < 4.78 is 11.7. The monoisotopic (exact) mass is 1620 g/mol. The fourth-order valence-corrected chi connectivity index (χ4v) is 12.8. The lowest BCUT2D eigenvalue weighted by atomic mass is 10.00. The van der Waals surface area contributed by atoms with Gasteiger partial charge in [0.1, 0.15) is 91.2 Å². The Morgan fingerprint density at radius 2 is 0.931 bits per heavy atom. The van der Waals surface area contributed by atoms with E-state index in [1.807, 2.05) is 0 Å². The summed E-state index contributed by atoms with van der Waals surface area (Å²) in [6.07, 6.45) is 5.11. The number of ether oxygens (including phenoxy) is 2. The second-order valence-electron chi connectivity index (χ2n) is 28.9. The smallest absolute Gasteiger partial charge is 0.245 e. The third kappa shape index (κ3) is 35.0. The first-order valence-electron chi connectivity index (χ1n) is 39.0. The van der Waals surface area contributed by atoms with Crippen LogP contribution in [0.3, 0.4) is 0 Å². The Morgan fingerprint density at radius 1 is 0.500 bits per heavy atom. The number of nitrogens with zero attached hydrogens (tertiary/aromatic N) is 1. The minimum Gasteiger partial charge on any atom is -0.490 e. The molecule has 5 aliphatic rings. The quantitative estimate of drug-likeness (QED) is 0.0114. The van der Waals surface area contributed by atoms with Crippen LogP contribution < -0.4 is 118 Å². The summed E-state index contributed by atoms with van der Waals surface area (Å²) in [5.41, 5.74) is 35.4. The van der Waals surface area contributed by atoms with E-state index in [4.69, 9.17) is 65.5 Å². The highest BCUT2D eigenvalue weighted by atomic mass is 16.5. The van der Waals surface area contributed by atoms with E-state index < -0.39 is 149 Å². The van der Waals surface area contributed by atoms with E-state index in [1.165, 1.54) is 18.7 Å². The van der Waals surface area contributed by atoms with Crippen molar-refractivity contribution >= 4 is 94.7 Å². The highest BCUT2D eigenvalue weighted by Crippen LogP contribution is 2.22. The van der Waals surface area contributed by atoms with Gasteiger partial charge < -0.3 is 123 Å². The van der Waals surface area contributed by atoms with Crippen LogP contribution >= 0.6 is 0 Å². The third-order valence-corrected chi connectivity index (χ3v) is 18.8. The van der Waals surface area contributed by atoms with Crippen LogP contribution in [0.4, 0.5) is 0 Å². The molecule has 39 heteroatoms. The molecule has 11 atom stereocenters. The van der Waals surface area contributed by atoms with Crippen LogP contribution in [0, 0.1) is 27.6 Å². The number of guanidine groups is 4. The van der Waals surface area contributed by atoms with E-state index in [9.17, 15) is 43.2 Å². The Labute approximate surface area is 675 Å². The van der Waals surface area contributed by atoms with Crippen molar-refractivity contribution in [3.63, 3.8) is 0 Å². The number of nitrogens with one attached hydrogen (secondary N) is 18. The molecule has 0 radical (unpaired) electrons. The van der Waals surface area contributed by atoms with Gasteiger partial charge in [0.2, 0.25) is 70.9 Å². The van der Waals surface area contributed by atoms with Crippen molar-refractivity contribution in [2.75, 3.05) is 52.5 Å². The maximum absolute atomic E-state index is 15.1. The number of rotatable bonds is 43. The summed E-state index contributed by atoms with van der Waals surface area (Å²) in [6.45, 7) is 7.25. The Bertz CT molecular complexity index is 3830. The first-order chi connectivity index (χ1) is 55.3. The van der Waals surface area contributed by atoms with Gasteiger partial charge in [0.05, 0.1) is 0 Å². The van der Waals surface area contributed by atoms with Crippen LogP contribution in [-0.4, -0.2) is 219 Å². The zero-order chi connectivity index (χ0) is 85.2. The molecule has 12 amide bonds. The van der Waals surface area contributed by atoms with E-state index in [0.29, 0.717) is 54.0 Å². The summed E-state index contributed by atoms with van der Waals surface area (Å²) in [7, 11) is 0. The maximum Gasteiger partial charge on any atom is 0.245 e. The maximum atomic E-state index is 15.1. The Hall–Kier alpha value is -12.3. The topological polar surface area (TPSA) is 646 Å². The van der Waals surface area contributed by atoms with Crippen molar-refractivity contribution in [1.82, 2.24) is 79.3 Å². The average Bonchev–Trinajstić information content (AvgIpc) is 1.60. The lowest BCUT2D eigenvalue weighted by Gasteiger charge is -2.30. The molecule has 0 spiro atoms. The lowest BCUT2D eigenvalue weighted by molar-refractivity contribution is -0.142. The predicted octanol–water partition coefficient (Wildman–Crippen LogP) is -3.37. The summed E-state index contributed by atoms with van der Waals surface area (Å²) in [4.78, 5) is 173. The molecule has 0 aromatic heterocycles. The summed E-state index contributed by atoms with van der Waals surface area (Å²) >= 11 is 0. The molecule has 3 aromatic carbocycles. The van der Waals surface area contributed by atoms with Gasteiger partial charge in [-0.3, -0.25) is 79.2 Å². The van der Waals surface area contributed by atoms with Crippen molar-refractivity contribution in [3.05, 3.63) is 108 Å². The van der Waals surface area contributed by atoms with Gasteiger partial charge in [-0.15, -0.1) is 0 Å². The first kappa shape index (κ1) is 94.3. The third-order valence-electron chi connectivity index (χ3n) is 18.8. The predicted molar refractivity (Wildman–Crippen MR) is 434 cm³/mol. The summed E-state index contributed by atoms with van der Waals surface area (Å²) in [5, 5.41) is 68.8. The van der Waals surface area contributed by atoms with Crippen molar-refractivity contribution in [3.8, 4) is 11.5 Å². The summed E-state index contributed by atoms with van der Waals surface area (Å²) in [5.74, 6) is -10.3. The zero-order valence-electron chi connectivity index (χ0n) is 66.4. The number of amides is 12. The molecule has 1 fully saturated rings. The van der Waals surface area contributed by atoms with Gasteiger partial charge in [0.15, 0.2) is 23.8 Å². The molecule has 0 unspecified atom stereocenters. The molecule has 3 aromatic rings. The van der Waals surface area contributed by atoms with Crippen LogP contribution in [0.1, 0.15) is 134 Å². The van der Waals surface area contributed by atoms with E-state index in [2.05, 4.69) is 74.4 Å². The Kier molecular flexibility index (Phi) is 40.7. The number of unbranched alkanes of at least 4 members (excludes halogenated alkanes) is 1. The number of carbonyl (C=O) groups excluding carboxylic acids is 12. The van der Waals surface area contributed by atoms with Gasteiger partial charge in [-0.1, -0.05) is 68.4 Å². The molecular formula is C77H119N25O14. The number of hydrogen-bond acceptors (Lipinski definition) is 19. The normalized spacial score (nSPS) is 17.0. The summed E-state index contributed by atoms with van der Waals surface area (Å²) in [6, 6.07) is 7.60. The van der Waals surface area contributed by atoms with Crippen molar-refractivity contribution in [2.24, 2.45) is 40.3 Å². The second-order valence-corrected chi connectivity index (χ2v) is 28.9. The van der Waals surface area contributed by atoms with Crippen LogP contribution in [-0.2, 0) is 76.8 Å². The van der Waals surface area contributed by atoms with E-state index >= 15 is 14.4 Å². The molecule has 0 aliphatic carbocycles. The highest BCUT2D eigenvalue weighted by Gasteiger charge is 2.41. The fourth-order valence-electron chi connectivity index (χ4n) is 12.8. The molecule has 1 saturated heterocycles. The molecule has 636 valence electrons. The van der Waals surface area contributed by atoms with Crippen LogP contribution in [0.15, 0.2) is 91.0 Å². The second kappa shape index (κ2) is 50.0. The largest absolute Gasteiger partial charge is 0.490 e. The van der Waals surface area contributed by atoms with E-state index in [1.54, 1.807) is 105 Å². The van der Waals surface area contributed by atoms with Gasteiger partial charge >= 0.3 is 0 Å². The molecule has 8 rings (SSSR count). The standard InChI is InChI=1S/C77H119N25O14/c1-45(2)41-58(68(109)96-55(21-13-35-89-75(82)83)66(107)95-54(20-12-34-88-74(80)81)65(106)92-46(3)64(105)98-57(23-15-37-91-77(86)87)73(114)102-38-16-24-62(102)72(113)94-53(63(79)104)19-8-9-33-78)99-67(108)56(22-14-36-90-76(84)85)97-70(111)60(42-48-17-6-5-7-18-48)101-71(112)61-44-50-27-31-52(32-28-50)116-40-11-10-39-115-51-29-25-49(26-30-51)43-59(69(110)100-61)93-47(4)103/h5-7,10-11,17-18,25-32,45-46,53-62H,8-9,12-16,19-24,33-44,78H2,1-4H3,(H2,79,104)(H,92,106)(H,93,103)(H,94,113)(H,95,107)(H,96,109)(H,97,111)(H,98,105)(H,99,108)(H,100,110)(H,101,112)(H4,80,81,88)(H4,82,83,89)(H4,84,85,90)(H4,86,87,91)/b11-10+/t46-,53+,54+,55+,56+,57+,58+,59+,60+,61+,62+/m1/s1. The van der Waals surface area contributed by atoms with E-state index in [-0.39, 0.29) is 154 Å². The molecule has 4 bridgehead atoms. The van der Waals surface area contributed by atoms with Crippen molar-refractivity contribution < 1.29 is 67.0 Å². The molecule has 116 heavy (non-hydrogen) atoms. The van der Waals surface area contributed by atoms with Crippen molar-refractivity contribution in [1.29, 1.82) is 21.6 Å². The minimum atomic E-state index is -1.50. The van der Waals surface area contributed by atoms with Crippen molar-refractivity contribution in [2.45, 2.75) is 203 Å². The Morgan fingerprint density at radius 3 is 1.40 bits per heavy atom. The SMILES string of the molecule is CC(=O)N[C@H]1Cc2ccc(cc2)OC/C=C/COc2ccc(cc2)C[C@@H](C(=O)N[C@@H](Cc2ccccc2)C(=O)N[C@@H](CCCNC(=N)N)C(=O)N[C@@H](CC(C)C)C(=O)N[C@@H](CCCNC(=N)N)C(=O)N[C@@H](CCCNC(=N)N)C(=O)N[C@H](C)C(=O)N[C@@H](CCCNC(=N)N)C(=O)N2CCC[C@H]2C(=O)N[C@@H](CCCCN)C(N)=O)NC1=O. The fraction of sp³-hybridized carbons (Fsp3) is 0.532. The van der Waals surface area contributed by atoms with Crippen LogP contribution in [0.25, 0.3) is 0 Å². The molecule has 30 N–H and O–H groups in total. The zero-order valence-corrected chi connectivity index (χ0v) is 66.4. The van der Waals surface area contributed by atoms with Gasteiger partial charge in [0, 0.05) is 58.9 Å². The number of carbonyl (C=O) groups is 12.